The summed E-state index contributed by atoms with van der Waals surface area (Å²) in [5.41, 5.74) is 0.628. The number of hydrogen-bond donors (Lipinski definition) is 1. The highest BCUT2D eigenvalue weighted by atomic mass is 79.9. The van der Waals surface area contributed by atoms with Crippen molar-refractivity contribution >= 4 is 62.3 Å². The largest absolute Gasteiger partial charge is 0.319 e. The van der Waals surface area contributed by atoms with Crippen LogP contribution >= 0.6 is 50.7 Å². The van der Waals surface area contributed by atoms with Crippen molar-refractivity contribution in [1.29, 1.82) is 0 Å². The maximum Gasteiger partial charge on any atom is 0.274 e. The Balaban J connectivity index is 1.99. The average Bonchev–Trinajstić information content (AvgIpc) is 2.93. The van der Waals surface area contributed by atoms with E-state index in [1.54, 1.807) is 42.6 Å². The van der Waals surface area contributed by atoms with E-state index < -0.39 is 5.91 Å². The average molecular weight is 447 g/mol. The fourth-order valence-electron chi connectivity index (χ4n) is 1.99. The predicted octanol–water partition coefficient (Wildman–Crippen LogP) is 5.24. The molecule has 3 aromatic rings. The summed E-state index contributed by atoms with van der Waals surface area (Å²) in [6.07, 6.45) is 1.56. The second-order valence-corrected chi connectivity index (χ2v) is 6.71. The van der Waals surface area contributed by atoms with Gasteiger partial charge in [-0.2, -0.15) is 5.10 Å². The van der Waals surface area contributed by atoms with Gasteiger partial charge in [-0.05, 0) is 46.3 Å². The van der Waals surface area contributed by atoms with Crippen molar-refractivity contribution in [1.82, 2.24) is 14.8 Å². The van der Waals surface area contributed by atoms with Crippen molar-refractivity contribution in [3.05, 3.63) is 68.0 Å². The lowest BCUT2D eigenvalue weighted by atomic mass is 10.3. The Morgan fingerprint density at radius 3 is 2.67 bits per heavy atom. The fourth-order valence-corrected chi connectivity index (χ4v) is 2.90. The van der Waals surface area contributed by atoms with E-state index in [1.165, 1.54) is 4.68 Å². The first-order valence-electron chi connectivity index (χ1n) is 6.58. The summed E-state index contributed by atoms with van der Waals surface area (Å²) in [6.45, 7) is 0. The maximum atomic E-state index is 12.6. The Labute approximate surface area is 160 Å². The first-order chi connectivity index (χ1) is 11.5. The summed E-state index contributed by atoms with van der Waals surface area (Å²) in [5.74, 6) is -0.0914. The third-order valence-electron chi connectivity index (χ3n) is 3.03. The number of halogens is 4. The number of anilines is 1. The number of carbonyl (C=O) groups excluding carboxylic acids is 1. The molecule has 3 rings (SSSR count). The second-order valence-electron chi connectivity index (χ2n) is 4.65. The Bertz CT molecular complexity index is 929. The van der Waals surface area contributed by atoms with Gasteiger partial charge < -0.3 is 5.32 Å². The summed E-state index contributed by atoms with van der Waals surface area (Å²) in [6, 6.07) is 9.70. The summed E-state index contributed by atoms with van der Waals surface area (Å²) in [5, 5.41) is 8.10. The Hall–Kier alpha value is -1.60. The monoisotopic (exact) mass is 444 g/mol. The standard InChI is InChI=1S/C15H8BrCl3N4O/c16-13-7-12(23(22-13)14-10(19)2-1-5-20-14)15(24)21-11-6-8(17)3-4-9(11)18/h1-7H,(H,21,24). The van der Waals surface area contributed by atoms with Gasteiger partial charge in [0.2, 0.25) is 0 Å². The molecule has 0 spiro atoms. The first-order valence-corrected chi connectivity index (χ1v) is 8.51. The van der Waals surface area contributed by atoms with Crippen LogP contribution in [0.5, 0.6) is 0 Å². The molecule has 1 aromatic carbocycles. The van der Waals surface area contributed by atoms with Crippen molar-refractivity contribution in [3.8, 4) is 5.82 Å². The third kappa shape index (κ3) is 3.57. The normalized spacial score (nSPS) is 10.7. The van der Waals surface area contributed by atoms with Crippen LogP contribution in [-0.4, -0.2) is 20.7 Å². The molecule has 2 aromatic heterocycles. The molecule has 24 heavy (non-hydrogen) atoms. The van der Waals surface area contributed by atoms with Crippen molar-refractivity contribution in [2.45, 2.75) is 0 Å². The second kappa shape index (κ2) is 7.11. The van der Waals surface area contributed by atoms with Gasteiger partial charge in [0.1, 0.15) is 10.3 Å². The molecular weight excluding hydrogens is 438 g/mol. The van der Waals surface area contributed by atoms with E-state index in [1.807, 2.05) is 0 Å². The lowest BCUT2D eigenvalue weighted by Gasteiger charge is -2.10. The molecule has 122 valence electrons. The lowest BCUT2D eigenvalue weighted by Crippen LogP contribution is -2.18. The fraction of sp³-hybridized carbons (Fsp3) is 0. The number of benzene rings is 1. The highest BCUT2D eigenvalue weighted by Crippen LogP contribution is 2.27. The van der Waals surface area contributed by atoms with Crippen LogP contribution in [-0.2, 0) is 0 Å². The van der Waals surface area contributed by atoms with E-state index in [0.717, 1.165) is 0 Å². The van der Waals surface area contributed by atoms with Crippen molar-refractivity contribution < 1.29 is 4.79 Å². The molecule has 0 radical (unpaired) electrons. The molecule has 0 fully saturated rings. The van der Waals surface area contributed by atoms with Crippen LogP contribution in [0.4, 0.5) is 5.69 Å². The topological polar surface area (TPSA) is 59.8 Å². The van der Waals surface area contributed by atoms with Gasteiger partial charge in [0.25, 0.3) is 5.91 Å². The summed E-state index contributed by atoms with van der Waals surface area (Å²) in [4.78, 5) is 16.8. The first kappa shape index (κ1) is 17.2. The van der Waals surface area contributed by atoms with E-state index in [2.05, 4.69) is 31.3 Å². The van der Waals surface area contributed by atoms with E-state index in [-0.39, 0.29) is 5.69 Å². The molecule has 1 N–H and O–H groups in total. The molecule has 0 aliphatic heterocycles. The van der Waals surface area contributed by atoms with Gasteiger partial charge in [-0.1, -0.05) is 34.8 Å². The van der Waals surface area contributed by atoms with Crippen LogP contribution in [0.2, 0.25) is 15.1 Å². The number of aromatic nitrogens is 3. The zero-order valence-electron chi connectivity index (χ0n) is 11.8. The maximum absolute atomic E-state index is 12.6. The van der Waals surface area contributed by atoms with Crippen LogP contribution < -0.4 is 5.32 Å². The third-order valence-corrected chi connectivity index (χ3v) is 4.28. The van der Waals surface area contributed by atoms with Crippen LogP contribution in [0, 0.1) is 0 Å². The van der Waals surface area contributed by atoms with Crippen molar-refractivity contribution in [2.75, 3.05) is 5.32 Å². The van der Waals surface area contributed by atoms with E-state index in [4.69, 9.17) is 34.8 Å². The molecule has 0 saturated carbocycles. The number of pyridine rings is 1. The number of rotatable bonds is 3. The minimum Gasteiger partial charge on any atom is -0.319 e. The van der Waals surface area contributed by atoms with Crippen LogP contribution in [0.25, 0.3) is 5.82 Å². The number of amides is 1. The van der Waals surface area contributed by atoms with Gasteiger partial charge in [0, 0.05) is 17.3 Å². The summed E-state index contributed by atoms with van der Waals surface area (Å²) < 4.78 is 1.81. The molecule has 5 nitrogen and oxygen atoms in total. The highest BCUT2D eigenvalue weighted by molar-refractivity contribution is 9.10. The molecule has 1 amide bonds. The van der Waals surface area contributed by atoms with Gasteiger partial charge in [-0.25, -0.2) is 9.67 Å². The molecule has 0 unspecified atom stereocenters. The van der Waals surface area contributed by atoms with Gasteiger partial charge in [0.15, 0.2) is 5.82 Å². The molecule has 2 heterocycles. The van der Waals surface area contributed by atoms with Gasteiger partial charge in [0.05, 0.1) is 15.7 Å². The Morgan fingerprint density at radius 2 is 1.92 bits per heavy atom. The molecule has 9 heteroatoms. The number of nitrogens with one attached hydrogen (secondary N) is 1. The lowest BCUT2D eigenvalue weighted by molar-refractivity contribution is 0.101. The van der Waals surface area contributed by atoms with Gasteiger partial charge in [-0.15, -0.1) is 0 Å². The van der Waals surface area contributed by atoms with E-state index in [9.17, 15) is 4.79 Å². The van der Waals surface area contributed by atoms with E-state index >= 15 is 0 Å². The number of hydrogen-bond acceptors (Lipinski definition) is 3. The molecule has 0 aliphatic carbocycles. The zero-order chi connectivity index (χ0) is 17.3. The minimum absolute atomic E-state index is 0.235. The smallest absolute Gasteiger partial charge is 0.274 e. The Kier molecular flexibility index (Phi) is 5.10. The van der Waals surface area contributed by atoms with Crippen LogP contribution in [0.1, 0.15) is 10.5 Å². The van der Waals surface area contributed by atoms with Crippen molar-refractivity contribution in [2.24, 2.45) is 0 Å². The number of carbonyl (C=O) groups is 1. The molecule has 0 aliphatic rings. The summed E-state index contributed by atoms with van der Waals surface area (Å²) in [7, 11) is 0. The predicted molar refractivity (Wildman–Crippen MR) is 98.5 cm³/mol. The summed E-state index contributed by atoms with van der Waals surface area (Å²) >= 11 is 21.4. The SMILES string of the molecule is O=C(Nc1cc(Cl)ccc1Cl)c1cc(Br)nn1-c1ncccc1Cl. The molecule has 0 saturated heterocycles. The quantitative estimate of drug-likeness (QED) is 0.598. The van der Waals surface area contributed by atoms with Crippen LogP contribution in [0.3, 0.4) is 0 Å². The minimum atomic E-state index is -0.431. The zero-order valence-corrected chi connectivity index (χ0v) is 15.7. The molecule has 0 atom stereocenters. The van der Waals surface area contributed by atoms with Crippen molar-refractivity contribution in [3.63, 3.8) is 0 Å². The van der Waals surface area contributed by atoms with E-state index in [0.29, 0.717) is 31.2 Å². The highest BCUT2D eigenvalue weighted by Gasteiger charge is 2.19. The van der Waals surface area contributed by atoms with Crippen LogP contribution in [0.15, 0.2) is 47.2 Å². The molecule has 0 bridgehead atoms. The molecular formula is C15H8BrCl3N4O. The van der Waals surface area contributed by atoms with Gasteiger partial charge >= 0.3 is 0 Å². The number of nitrogens with zero attached hydrogens (tertiary/aromatic N) is 3. The Morgan fingerprint density at radius 1 is 1.12 bits per heavy atom. The van der Waals surface area contributed by atoms with Gasteiger partial charge in [-0.3, -0.25) is 4.79 Å².